The highest BCUT2D eigenvalue weighted by Gasteiger charge is 2.28. The predicted molar refractivity (Wildman–Crippen MR) is 118 cm³/mol. The molecule has 2 rings (SSSR count). The van der Waals surface area contributed by atoms with Gasteiger partial charge < -0.3 is 30.3 Å². The minimum Gasteiger partial charge on any atom is -0.507 e. The van der Waals surface area contributed by atoms with Gasteiger partial charge in [-0.15, -0.1) is 0 Å². The molecule has 0 amide bonds. The third-order valence-electron chi connectivity index (χ3n) is 4.27. The standard InChI is InChI=1S/C18H22N2O6S3/c1-8-14(25-3)4-13(21)10-6-29-7-12(17(22)23)20-16(28)11(19-9(2)27)5-26-18(24)15(8)10/h4,11-12,21H,5-7H2,1-3H3,(H,19,27)(H,20,28)(H,22,23)/t11-,12-/m0/s1. The number of thiocarbonyl (C=S) groups is 2. The van der Waals surface area contributed by atoms with Crippen LogP contribution in [0.25, 0.3) is 0 Å². The maximum Gasteiger partial charge on any atom is 0.339 e. The van der Waals surface area contributed by atoms with Gasteiger partial charge in [-0.3, -0.25) is 0 Å². The number of rotatable bonds is 3. The van der Waals surface area contributed by atoms with Crippen molar-refractivity contribution in [1.29, 1.82) is 0 Å². The van der Waals surface area contributed by atoms with Crippen LogP contribution in [0.4, 0.5) is 0 Å². The smallest absolute Gasteiger partial charge is 0.339 e. The lowest BCUT2D eigenvalue weighted by Crippen LogP contribution is -2.53. The molecule has 0 saturated carbocycles. The second-order valence-electron chi connectivity index (χ2n) is 6.34. The van der Waals surface area contributed by atoms with Crippen molar-refractivity contribution in [3.05, 3.63) is 22.8 Å². The number of methoxy groups -OCH3 is 1. The quantitative estimate of drug-likeness (QED) is 0.392. The van der Waals surface area contributed by atoms with Crippen LogP contribution in [0, 0.1) is 6.92 Å². The van der Waals surface area contributed by atoms with E-state index in [0.29, 0.717) is 21.9 Å². The van der Waals surface area contributed by atoms with Gasteiger partial charge in [0, 0.05) is 28.7 Å². The summed E-state index contributed by atoms with van der Waals surface area (Å²) >= 11 is 11.6. The maximum atomic E-state index is 12.9. The highest BCUT2D eigenvalue weighted by Crippen LogP contribution is 2.35. The van der Waals surface area contributed by atoms with Crippen LogP contribution in [0.1, 0.15) is 28.4 Å². The van der Waals surface area contributed by atoms with Crippen LogP contribution in [0.3, 0.4) is 0 Å². The van der Waals surface area contributed by atoms with E-state index in [1.807, 2.05) is 0 Å². The topological polar surface area (TPSA) is 117 Å². The highest BCUT2D eigenvalue weighted by molar-refractivity contribution is 7.98. The number of carbonyl (C=O) groups is 2. The molecule has 0 bridgehead atoms. The zero-order valence-corrected chi connectivity index (χ0v) is 18.6. The molecule has 0 fully saturated rings. The van der Waals surface area contributed by atoms with Crippen molar-refractivity contribution in [2.75, 3.05) is 19.5 Å². The number of phenolic OH excluding ortho intramolecular Hbond substituents is 1. The van der Waals surface area contributed by atoms with Gasteiger partial charge in [0.15, 0.2) is 0 Å². The van der Waals surface area contributed by atoms with Gasteiger partial charge in [0.2, 0.25) is 0 Å². The number of carbonyl (C=O) groups excluding carboxylic acids is 1. The van der Waals surface area contributed by atoms with E-state index in [2.05, 4.69) is 10.6 Å². The van der Waals surface area contributed by atoms with E-state index < -0.39 is 24.0 Å². The zero-order valence-electron chi connectivity index (χ0n) is 16.1. The van der Waals surface area contributed by atoms with Crippen molar-refractivity contribution in [3.63, 3.8) is 0 Å². The van der Waals surface area contributed by atoms with E-state index in [0.717, 1.165) is 0 Å². The summed E-state index contributed by atoms with van der Waals surface area (Å²) in [4.78, 5) is 25.1. The number of benzene rings is 1. The summed E-state index contributed by atoms with van der Waals surface area (Å²) < 4.78 is 10.7. The predicted octanol–water partition coefficient (Wildman–Crippen LogP) is 1.79. The molecule has 1 heterocycles. The van der Waals surface area contributed by atoms with Gasteiger partial charge in [-0.25, -0.2) is 9.59 Å². The molecule has 0 spiro atoms. The van der Waals surface area contributed by atoms with Gasteiger partial charge >= 0.3 is 11.9 Å². The van der Waals surface area contributed by atoms with Crippen LogP contribution < -0.4 is 15.4 Å². The Morgan fingerprint density at radius 2 is 2.17 bits per heavy atom. The Labute approximate surface area is 183 Å². The molecule has 4 N–H and O–H groups in total. The highest BCUT2D eigenvalue weighted by atomic mass is 32.2. The Morgan fingerprint density at radius 3 is 2.76 bits per heavy atom. The van der Waals surface area contributed by atoms with Crippen molar-refractivity contribution in [1.82, 2.24) is 10.6 Å². The minimum atomic E-state index is -1.07. The van der Waals surface area contributed by atoms with Crippen molar-refractivity contribution >= 4 is 58.1 Å². The normalized spacial score (nSPS) is 20.2. The van der Waals surface area contributed by atoms with Crippen LogP contribution in [0.15, 0.2) is 6.07 Å². The van der Waals surface area contributed by atoms with E-state index in [1.165, 1.54) is 24.9 Å². The number of cyclic esters (lactones) is 1. The lowest BCUT2D eigenvalue weighted by molar-refractivity contribution is -0.138. The molecule has 0 aromatic heterocycles. The molecule has 8 nitrogen and oxygen atoms in total. The number of carboxylic acid groups (broad SMARTS) is 1. The van der Waals surface area contributed by atoms with E-state index in [1.54, 1.807) is 13.8 Å². The Bertz CT molecular complexity index is 845. The van der Waals surface area contributed by atoms with Gasteiger partial charge in [-0.05, 0) is 13.8 Å². The number of phenols is 1. The Balaban J connectivity index is 2.48. The molecule has 0 unspecified atom stereocenters. The fourth-order valence-electron chi connectivity index (χ4n) is 2.82. The van der Waals surface area contributed by atoms with Gasteiger partial charge in [0.25, 0.3) is 0 Å². The second kappa shape index (κ2) is 10.1. The molecule has 0 radical (unpaired) electrons. The lowest BCUT2D eigenvalue weighted by atomic mass is 10.0. The van der Waals surface area contributed by atoms with Crippen LogP contribution in [0.5, 0.6) is 11.5 Å². The fraction of sp³-hybridized carbons (Fsp3) is 0.444. The molecule has 1 aliphatic rings. The molecule has 1 aliphatic heterocycles. The van der Waals surface area contributed by atoms with Crippen LogP contribution in [-0.4, -0.2) is 63.7 Å². The number of nitrogens with one attached hydrogen (secondary N) is 2. The van der Waals surface area contributed by atoms with E-state index in [-0.39, 0.29) is 34.4 Å². The molecule has 158 valence electrons. The first-order chi connectivity index (χ1) is 13.6. The number of aliphatic carboxylic acids is 1. The minimum absolute atomic E-state index is 0.122. The lowest BCUT2D eigenvalue weighted by Gasteiger charge is -2.25. The molecule has 0 saturated heterocycles. The zero-order chi connectivity index (χ0) is 21.7. The average molecular weight is 459 g/mol. The number of hydrogen-bond donors (Lipinski definition) is 4. The molecule has 29 heavy (non-hydrogen) atoms. The Hall–Kier alpha value is -2.11. The second-order valence-corrected chi connectivity index (χ2v) is 8.43. The third-order valence-corrected chi connectivity index (χ3v) is 5.85. The molecule has 1 aromatic carbocycles. The van der Waals surface area contributed by atoms with Gasteiger partial charge in [0.05, 0.1) is 17.7 Å². The number of hydrogen-bond acceptors (Lipinski definition) is 8. The van der Waals surface area contributed by atoms with Crippen molar-refractivity contribution < 1.29 is 29.3 Å². The third kappa shape index (κ3) is 5.71. The van der Waals surface area contributed by atoms with E-state index in [9.17, 15) is 19.8 Å². The SMILES string of the molecule is COc1cc(O)c2c(c1C)C(=O)OC[C@H](NC(C)=S)C(=S)N[C@H](C(=O)O)CSC2. The first-order valence-electron chi connectivity index (χ1n) is 8.60. The maximum absolute atomic E-state index is 12.9. The van der Waals surface area contributed by atoms with E-state index in [4.69, 9.17) is 33.9 Å². The van der Waals surface area contributed by atoms with E-state index >= 15 is 0 Å². The molecule has 1 aromatic rings. The summed E-state index contributed by atoms with van der Waals surface area (Å²) in [7, 11) is 1.44. The summed E-state index contributed by atoms with van der Waals surface area (Å²) in [6.45, 7) is 3.16. The molecule has 0 aliphatic carbocycles. The van der Waals surface area contributed by atoms with Crippen molar-refractivity contribution in [2.24, 2.45) is 0 Å². The summed E-state index contributed by atoms with van der Waals surface area (Å²) in [5.74, 6) is -1.11. The van der Waals surface area contributed by atoms with Crippen molar-refractivity contribution in [2.45, 2.75) is 31.7 Å². The van der Waals surface area contributed by atoms with Crippen LogP contribution >= 0.6 is 36.2 Å². The number of thioether (sulfide) groups is 1. The molecular formula is C18H22N2O6S3. The Morgan fingerprint density at radius 1 is 1.48 bits per heavy atom. The summed E-state index contributed by atoms with van der Waals surface area (Å²) in [5, 5.41) is 25.6. The number of fused-ring (bicyclic) bond motifs is 1. The molecular weight excluding hydrogens is 436 g/mol. The monoisotopic (exact) mass is 458 g/mol. The largest absolute Gasteiger partial charge is 0.507 e. The number of ether oxygens (including phenoxy) is 2. The van der Waals surface area contributed by atoms with Crippen LogP contribution in [-0.2, 0) is 15.3 Å². The van der Waals surface area contributed by atoms with Crippen LogP contribution in [0.2, 0.25) is 0 Å². The van der Waals surface area contributed by atoms with Crippen molar-refractivity contribution in [3.8, 4) is 11.5 Å². The van der Waals surface area contributed by atoms with Gasteiger partial charge in [0.1, 0.15) is 35.2 Å². The summed E-state index contributed by atoms with van der Waals surface area (Å²) in [5.41, 5.74) is 1.08. The summed E-state index contributed by atoms with van der Waals surface area (Å²) in [6, 6.07) is -0.224. The van der Waals surface area contributed by atoms with Gasteiger partial charge in [-0.1, -0.05) is 24.4 Å². The Kier molecular flexibility index (Phi) is 8.05. The number of esters is 1. The summed E-state index contributed by atoms with van der Waals surface area (Å²) in [6.07, 6.45) is 0. The fourth-order valence-corrected chi connectivity index (χ4v) is 4.30. The first kappa shape index (κ1) is 23.2. The average Bonchev–Trinajstić information content (AvgIpc) is 2.64. The number of aromatic hydroxyl groups is 1. The molecule has 11 heteroatoms. The number of carboxylic acids is 1. The molecule has 2 atom stereocenters. The van der Waals surface area contributed by atoms with Gasteiger partial charge in [-0.2, -0.15) is 11.8 Å². The first-order valence-corrected chi connectivity index (χ1v) is 10.6.